The highest BCUT2D eigenvalue weighted by Crippen LogP contribution is 2.22. The van der Waals surface area contributed by atoms with Gasteiger partial charge in [-0.2, -0.15) is 0 Å². The highest BCUT2D eigenvalue weighted by Gasteiger charge is 2.30. The molecule has 0 bridgehead atoms. The monoisotopic (exact) mass is 478 g/mol. The minimum absolute atomic E-state index is 0.183. The molecule has 2 amide bonds. The molecule has 0 fully saturated rings. The molecule has 5 nitrogen and oxygen atoms in total. The lowest BCUT2D eigenvalue weighted by molar-refractivity contribution is -0.142. The second kappa shape index (κ2) is 12.2. The van der Waals surface area contributed by atoms with Crippen molar-refractivity contribution in [2.24, 2.45) is 0 Å². The van der Waals surface area contributed by atoms with E-state index in [0.29, 0.717) is 30.3 Å². The Hall–Kier alpha value is -3.31. The van der Waals surface area contributed by atoms with Crippen LogP contribution in [-0.4, -0.2) is 35.9 Å². The van der Waals surface area contributed by atoms with Gasteiger partial charge in [-0.1, -0.05) is 71.8 Å². The quantitative estimate of drug-likeness (QED) is 0.440. The number of likely N-dealkylation sites (N-methyl/N-ethyl adjacent to an activating group) is 1. The SMILES string of the molecule is CCNC(=O)C(Cc1ccccc1)N(Cc1ccc(C)cc1)C(=O)COc1ccc(Cl)c(C)c1. The lowest BCUT2D eigenvalue weighted by Gasteiger charge is -2.31. The third kappa shape index (κ3) is 7.09. The standard InChI is InChI=1S/C28H31ClN2O3/c1-4-30-28(33)26(17-22-8-6-5-7-9-22)31(18-23-12-10-20(2)11-13-23)27(32)19-34-24-14-15-25(29)21(3)16-24/h5-16,26H,4,17-19H2,1-3H3,(H,30,33). The van der Waals surface area contributed by atoms with Crippen LogP contribution >= 0.6 is 11.6 Å². The number of hydrogen-bond acceptors (Lipinski definition) is 3. The molecule has 178 valence electrons. The fourth-order valence-electron chi connectivity index (χ4n) is 3.67. The van der Waals surface area contributed by atoms with Crippen LogP contribution < -0.4 is 10.1 Å². The third-order valence-electron chi connectivity index (χ3n) is 5.59. The minimum atomic E-state index is -0.674. The van der Waals surface area contributed by atoms with Crippen molar-refractivity contribution in [3.63, 3.8) is 0 Å². The number of carbonyl (C=O) groups is 2. The summed E-state index contributed by atoms with van der Waals surface area (Å²) >= 11 is 6.10. The Morgan fingerprint density at radius 2 is 1.68 bits per heavy atom. The second-order valence-electron chi connectivity index (χ2n) is 8.31. The van der Waals surface area contributed by atoms with Gasteiger partial charge in [0.05, 0.1) is 0 Å². The number of carbonyl (C=O) groups excluding carboxylic acids is 2. The zero-order chi connectivity index (χ0) is 24.5. The molecule has 1 N–H and O–H groups in total. The number of nitrogens with zero attached hydrogens (tertiary/aromatic N) is 1. The Balaban J connectivity index is 1.88. The summed E-state index contributed by atoms with van der Waals surface area (Å²) in [5.41, 5.74) is 3.93. The number of amides is 2. The van der Waals surface area contributed by atoms with Crippen molar-refractivity contribution in [2.45, 2.75) is 39.8 Å². The van der Waals surface area contributed by atoms with Gasteiger partial charge in [0.2, 0.25) is 5.91 Å². The van der Waals surface area contributed by atoms with Crippen LogP contribution in [0.4, 0.5) is 0 Å². The Morgan fingerprint density at radius 3 is 2.32 bits per heavy atom. The molecule has 1 atom stereocenters. The van der Waals surface area contributed by atoms with Gasteiger partial charge >= 0.3 is 0 Å². The molecule has 3 aromatic carbocycles. The molecule has 0 aliphatic heterocycles. The highest BCUT2D eigenvalue weighted by molar-refractivity contribution is 6.31. The lowest BCUT2D eigenvalue weighted by Crippen LogP contribution is -2.51. The van der Waals surface area contributed by atoms with Crippen LogP contribution in [0, 0.1) is 13.8 Å². The average molecular weight is 479 g/mol. The summed E-state index contributed by atoms with van der Waals surface area (Å²) in [7, 11) is 0. The van der Waals surface area contributed by atoms with Crippen molar-refractivity contribution >= 4 is 23.4 Å². The Morgan fingerprint density at radius 1 is 0.971 bits per heavy atom. The number of ether oxygens (including phenoxy) is 1. The van der Waals surface area contributed by atoms with Gasteiger partial charge in [0.1, 0.15) is 11.8 Å². The number of hydrogen-bond donors (Lipinski definition) is 1. The zero-order valence-electron chi connectivity index (χ0n) is 19.9. The fourth-order valence-corrected chi connectivity index (χ4v) is 3.79. The van der Waals surface area contributed by atoms with Gasteiger partial charge in [0.25, 0.3) is 5.91 Å². The molecule has 0 radical (unpaired) electrons. The molecule has 34 heavy (non-hydrogen) atoms. The maximum absolute atomic E-state index is 13.5. The normalized spacial score (nSPS) is 11.5. The van der Waals surface area contributed by atoms with E-state index >= 15 is 0 Å². The van der Waals surface area contributed by atoms with E-state index in [-0.39, 0.29) is 18.4 Å². The molecule has 1 unspecified atom stereocenters. The predicted molar refractivity (Wildman–Crippen MR) is 136 cm³/mol. The van der Waals surface area contributed by atoms with Crippen molar-refractivity contribution in [3.8, 4) is 5.75 Å². The van der Waals surface area contributed by atoms with Crippen molar-refractivity contribution in [1.82, 2.24) is 10.2 Å². The number of benzene rings is 3. The topological polar surface area (TPSA) is 58.6 Å². The van der Waals surface area contributed by atoms with Gasteiger partial charge in [0, 0.05) is 24.5 Å². The van der Waals surface area contributed by atoms with Crippen LogP contribution in [0.5, 0.6) is 5.75 Å². The Kier molecular flexibility index (Phi) is 9.11. The molecular weight excluding hydrogens is 448 g/mol. The Labute approximate surface area is 206 Å². The third-order valence-corrected chi connectivity index (χ3v) is 6.01. The van der Waals surface area contributed by atoms with Crippen LogP contribution in [0.1, 0.15) is 29.2 Å². The summed E-state index contributed by atoms with van der Waals surface area (Å²) in [5, 5.41) is 3.53. The molecule has 3 rings (SSSR count). The summed E-state index contributed by atoms with van der Waals surface area (Å²) < 4.78 is 5.80. The predicted octanol–water partition coefficient (Wildman–Crippen LogP) is 5.11. The van der Waals surface area contributed by atoms with Crippen molar-refractivity contribution < 1.29 is 14.3 Å². The molecule has 0 aliphatic rings. The molecular formula is C28H31ClN2O3. The van der Waals surface area contributed by atoms with Gasteiger partial charge < -0.3 is 15.0 Å². The van der Waals surface area contributed by atoms with E-state index in [4.69, 9.17) is 16.3 Å². The molecule has 0 saturated carbocycles. The van der Waals surface area contributed by atoms with Crippen molar-refractivity contribution in [2.75, 3.05) is 13.2 Å². The smallest absolute Gasteiger partial charge is 0.261 e. The van der Waals surface area contributed by atoms with E-state index in [1.807, 2.05) is 75.4 Å². The van der Waals surface area contributed by atoms with Gasteiger partial charge in [-0.15, -0.1) is 0 Å². The average Bonchev–Trinajstić information content (AvgIpc) is 2.84. The maximum Gasteiger partial charge on any atom is 0.261 e. The molecule has 0 spiro atoms. The van der Waals surface area contributed by atoms with Crippen molar-refractivity contribution in [3.05, 3.63) is 100 Å². The van der Waals surface area contributed by atoms with Crippen molar-refractivity contribution in [1.29, 1.82) is 0 Å². The molecule has 0 heterocycles. The molecule has 0 saturated heterocycles. The zero-order valence-corrected chi connectivity index (χ0v) is 20.6. The molecule has 0 aliphatic carbocycles. The first-order valence-electron chi connectivity index (χ1n) is 11.4. The Bertz CT molecular complexity index is 1100. The first-order valence-corrected chi connectivity index (χ1v) is 11.8. The highest BCUT2D eigenvalue weighted by atomic mass is 35.5. The number of rotatable bonds is 10. The molecule has 3 aromatic rings. The fraction of sp³-hybridized carbons (Fsp3) is 0.286. The number of halogens is 1. The number of aryl methyl sites for hydroxylation is 2. The van der Waals surface area contributed by atoms with E-state index in [2.05, 4.69) is 5.32 Å². The van der Waals surface area contributed by atoms with Gasteiger partial charge in [0.15, 0.2) is 6.61 Å². The second-order valence-corrected chi connectivity index (χ2v) is 8.71. The summed E-state index contributed by atoms with van der Waals surface area (Å²) in [6, 6.07) is 22.3. The van der Waals surface area contributed by atoms with E-state index < -0.39 is 6.04 Å². The first kappa shape index (κ1) is 25.3. The van der Waals surface area contributed by atoms with Crippen LogP contribution in [0.25, 0.3) is 0 Å². The maximum atomic E-state index is 13.5. The van der Waals surface area contributed by atoms with Crippen LogP contribution in [0.3, 0.4) is 0 Å². The van der Waals surface area contributed by atoms with Crippen LogP contribution in [0.15, 0.2) is 72.8 Å². The minimum Gasteiger partial charge on any atom is -0.484 e. The lowest BCUT2D eigenvalue weighted by atomic mass is 10.0. The van der Waals surface area contributed by atoms with Gasteiger partial charge in [-0.3, -0.25) is 9.59 Å². The van der Waals surface area contributed by atoms with E-state index in [1.54, 1.807) is 23.1 Å². The van der Waals surface area contributed by atoms with Crippen LogP contribution in [0.2, 0.25) is 5.02 Å². The van der Waals surface area contributed by atoms with E-state index in [0.717, 1.165) is 22.3 Å². The van der Waals surface area contributed by atoms with E-state index in [1.165, 1.54) is 0 Å². The summed E-state index contributed by atoms with van der Waals surface area (Å²) in [6.07, 6.45) is 0.407. The first-order chi connectivity index (χ1) is 16.4. The van der Waals surface area contributed by atoms with Gasteiger partial charge in [-0.25, -0.2) is 0 Å². The van der Waals surface area contributed by atoms with Crippen LogP contribution in [-0.2, 0) is 22.6 Å². The van der Waals surface area contributed by atoms with E-state index in [9.17, 15) is 9.59 Å². The summed E-state index contributed by atoms with van der Waals surface area (Å²) in [4.78, 5) is 28.2. The molecule has 6 heteroatoms. The largest absolute Gasteiger partial charge is 0.484 e. The van der Waals surface area contributed by atoms with Gasteiger partial charge in [-0.05, 0) is 55.7 Å². The summed E-state index contributed by atoms with van der Waals surface area (Å²) in [6.45, 7) is 6.37. The summed E-state index contributed by atoms with van der Waals surface area (Å²) in [5.74, 6) is 0.109. The number of nitrogens with one attached hydrogen (secondary N) is 1. The molecule has 0 aromatic heterocycles.